The summed E-state index contributed by atoms with van der Waals surface area (Å²) in [5.41, 5.74) is 1.44. The molecule has 7 heteroatoms. The number of hydrogen-bond acceptors (Lipinski definition) is 4. The monoisotopic (exact) mass is 415 g/mol. The summed E-state index contributed by atoms with van der Waals surface area (Å²) in [5, 5.41) is 3.82. The van der Waals surface area contributed by atoms with E-state index in [2.05, 4.69) is 5.32 Å². The maximum atomic E-state index is 13.2. The van der Waals surface area contributed by atoms with Gasteiger partial charge in [0.1, 0.15) is 5.75 Å². The van der Waals surface area contributed by atoms with Gasteiger partial charge in [-0.25, -0.2) is 0 Å². The van der Waals surface area contributed by atoms with E-state index in [9.17, 15) is 9.59 Å². The summed E-state index contributed by atoms with van der Waals surface area (Å²) in [6.45, 7) is 3.72. The average molecular weight is 416 g/mol. The number of carbonyl (C=O) groups excluding carboxylic acids is 2. The Labute approximate surface area is 176 Å². The van der Waals surface area contributed by atoms with Crippen molar-refractivity contribution in [2.24, 2.45) is 0 Å². The lowest BCUT2D eigenvalue weighted by atomic mass is 10.1. The molecule has 29 heavy (non-hydrogen) atoms. The lowest BCUT2D eigenvalue weighted by Gasteiger charge is -2.29. The zero-order valence-electron chi connectivity index (χ0n) is 16.6. The van der Waals surface area contributed by atoms with Crippen LogP contribution < -0.4 is 10.1 Å². The molecule has 1 saturated heterocycles. The lowest BCUT2D eigenvalue weighted by Crippen LogP contribution is -2.47. The number of methoxy groups -OCH3 is 1. The van der Waals surface area contributed by atoms with Crippen molar-refractivity contribution in [1.82, 2.24) is 15.1 Å². The van der Waals surface area contributed by atoms with E-state index < -0.39 is 0 Å². The van der Waals surface area contributed by atoms with Crippen molar-refractivity contribution < 1.29 is 14.3 Å². The van der Waals surface area contributed by atoms with Crippen LogP contribution in [0.25, 0.3) is 0 Å². The summed E-state index contributed by atoms with van der Waals surface area (Å²) < 4.78 is 5.43. The largest absolute Gasteiger partial charge is 0.496 e. The van der Waals surface area contributed by atoms with Gasteiger partial charge in [0.15, 0.2) is 0 Å². The zero-order valence-corrected chi connectivity index (χ0v) is 17.3. The fourth-order valence-corrected chi connectivity index (χ4v) is 3.50. The Bertz CT molecular complexity index is 835. The fraction of sp³-hybridized carbons (Fsp3) is 0.364. The van der Waals surface area contributed by atoms with E-state index in [-0.39, 0.29) is 18.2 Å². The molecule has 0 radical (unpaired) electrons. The van der Waals surface area contributed by atoms with Crippen LogP contribution >= 0.6 is 11.6 Å². The van der Waals surface area contributed by atoms with Gasteiger partial charge < -0.3 is 19.9 Å². The third kappa shape index (κ3) is 5.71. The Morgan fingerprint density at radius 2 is 1.79 bits per heavy atom. The van der Waals surface area contributed by atoms with Crippen molar-refractivity contribution in [1.29, 1.82) is 0 Å². The number of rotatable bonds is 7. The molecule has 0 bridgehead atoms. The van der Waals surface area contributed by atoms with Crippen LogP contribution in [-0.2, 0) is 11.3 Å². The van der Waals surface area contributed by atoms with Crippen molar-refractivity contribution >= 4 is 23.4 Å². The molecule has 6 nitrogen and oxygen atoms in total. The van der Waals surface area contributed by atoms with Crippen LogP contribution in [0.15, 0.2) is 48.5 Å². The number of para-hydroxylation sites is 1. The first-order valence-electron chi connectivity index (χ1n) is 9.73. The molecule has 0 aromatic heterocycles. The Balaban J connectivity index is 1.75. The molecular formula is C22H26ClN3O3. The molecule has 2 amide bonds. The predicted octanol–water partition coefficient (Wildman–Crippen LogP) is 2.81. The second-order valence-corrected chi connectivity index (χ2v) is 7.36. The van der Waals surface area contributed by atoms with Crippen LogP contribution in [0.3, 0.4) is 0 Å². The van der Waals surface area contributed by atoms with Crippen molar-refractivity contribution in [2.75, 3.05) is 39.8 Å². The van der Waals surface area contributed by atoms with Crippen LogP contribution in [0.1, 0.15) is 22.3 Å². The summed E-state index contributed by atoms with van der Waals surface area (Å²) >= 11 is 5.96. The summed E-state index contributed by atoms with van der Waals surface area (Å²) in [6, 6.07) is 14.4. The van der Waals surface area contributed by atoms with Gasteiger partial charge in [-0.2, -0.15) is 0 Å². The van der Waals surface area contributed by atoms with Crippen LogP contribution in [-0.4, -0.2) is 61.4 Å². The summed E-state index contributed by atoms with van der Waals surface area (Å²) in [6.07, 6.45) is 0.286. The Morgan fingerprint density at radius 1 is 1.10 bits per heavy atom. The lowest BCUT2D eigenvalue weighted by molar-refractivity contribution is -0.132. The normalized spacial score (nSPS) is 13.8. The molecule has 0 saturated carbocycles. The number of benzene rings is 2. The minimum atomic E-state index is -0.138. The third-order valence-electron chi connectivity index (χ3n) is 5.00. The highest BCUT2D eigenvalue weighted by atomic mass is 35.5. The maximum absolute atomic E-state index is 13.2. The van der Waals surface area contributed by atoms with Gasteiger partial charge in [-0.05, 0) is 30.3 Å². The van der Waals surface area contributed by atoms with E-state index in [0.717, 1.165) is 24.4 Å². The molecule has 0 atom stereocenters. The molecule has 1 fully saturated rings. The minimum absolute atomic E-state index is 0.0698. The van der Waals surface area contributed by atoms with E-state index in [1.807, 2.05) is 29.2 Å². The van der Waals surface area contributed by atoms with Gasteiger partial charge >= 0.3 is 0 Å². The standard InChI is InChI=1S/C22H26ClN3O3/c1-29-20-5-3-2-4-18(20)16-26(22(28)17-6-8-19(23)9-7-17)13-10-21(27)25-14-11-24-12-15-25/h2-9,24H,10-16H2,1H3. The molecule has 3 rings (SSSR count). The van der Waals surface area contributed by atoms with Crippen LogP contribution in [0.5, 0.6) is 5.75 Å². The highest BCUT2D eigenvalue weighted by molar-refractivity contribution is 6.30. The first-order valence-corrected chi connectivity index (χ1v) is 10.1. The van der Waals surface area contributed by atoms with E-state index in [1.54, 1.807) is 36.3 Å². The number of nitrogens with one attached hydrogen (secondary N) is 1. The number of carbonyl (C=O) groups is 2. The van der Waals surface area contributed by atoms with E-state index in [4.69, 9.17) is 16.3 Å². The third-order valence-corrected chi connectivity index (χ3v) is 5.25. The molecule has 2 aromatic rings. The number of nitrogens with zero attached hydrogens (tertiary/aromatic N) is 2. The fourth-order valence-electron chi connectivity index (χ4n) is 3.37. The molecule has 1 aliphatic rings. The smallest absolute Gasteiger partial charge is 0.254 e. The van der Waals surface area contributed by atoms with Crippen molar-refractivity contribution in [3.05, 3.63) is 64.7 Å². The van der Waals surface area contributed by atoms with Crippen LogP contribution in [0.2, 0.25) is 5.02 Å². The Hall–Kier alpha value is -2.57. The summed E-state index contributed by atoms with van der Waals surface area (Å²) in [7, 11) is 1.61. The van der Waals surface area contributed by atoms with Gasteiger partial charge in [0, 0.05) is 61.8 Å². The van der Waals surface area contributed by atoms with Crippen LogP contribution in [0.4, 0.5) is 0 Å². The predicted molar refractivity (Wildman–Crippen MR) is 113 cm³/mol. The topological polar surface area (TPSA) is 61.9 Å². The molecule has 2 aromatic carbocycles. The Kier molecular flexibility index (Phi) is 7.49. The first kappa shape index (κ1) is 21.1. The maximum Gasteiger partial charge on any atom is 0.254 e. The van der Waals surface area contributed by atoms with Gasteiger partial charge in [0.05, 0.1) is 7.11 Å². The second kappa shape index (κ2) is 10.3. The molecule has 0 spiro atoms. The van der Waals surface area contributed by atoms with Gasteiger partial charge in [-0.15, -0.1) is 0 Å². The number of hydrogen-bond donors (Lipinski definition) is 1. The number of piperazine rings is 1. The number of halogens is 1. The highest BCUT2D eigenvalue weighted by Crippen LogP contribution is 2.21. The van der Waals surface area contributed by atoms with E-state index in [0.29, 0.717) is 36.8 Å². The highest BCUT2D eigenvalue weighted by Gasteiger charge is 2.21. The van der Waals surface area contributed by atoms with Gasteiger partial charge in [0.2, 0.25) is 5.91 Å². The quantitative estimate of drug-likeness (QED) is 0.755. The molecule has 0 unspecified atom stereocenters. The molecule has 1 N–H and O–H groups in total. The van der Waals surface area contributed by atoms with Gasteiger partial charge in [-0.1, -0.05) is 29.8 Å². The number of ether oxygens (including phenoxy) is 1. The van der Waals surface area contributed by atoms with Gasteiger partial charge in [0.25, 0.3) is 5.91 Å². The second-order valence-electron chi connectivity index (χ2n) is 6.93. The van der Waals surface area contributed by atoms with Crippen molar-refractivity contribution in [3.63, 3.8) is 0 Å². The SMILES string of the molecule is COc1ccccc1CN(CCC(=O)N1CCNCC1)C(=O)c1ccc(Cl)cc1. The molecule has 1 heterocycles. The van der Waals surface area contributed by atoms with Crippen LogP contribution in [0, 0.1) is 0 Å². The molecule has 154 valence electrons. The molecule has 1 aliphatic heterocycles. The first-order chi connectivity index (χ1) is 14.1. The minimum Gasteiger partial charge on any atom is -0.496 e. The number of amides is 2. The average Bonchev–Trinajstić information content (AvgIpc) is 2.77. The van der Waals surface area contributed by atoms with Crippen molar-refractivity contribution in [2.45, 2.75) is 13.0 Å². The van der Waals surface area contributed by atoms with E-state index in [1.165, 1.54) is 0 Å². The Morgan fingerprint density at radius 3 is 2.48 bits per heavy atom. The summed E-state index contributed by atoms with van der Waals surface area (Å²) in [4.78, 5) is 29.3. The van der Waals surface area contributed by atoms with Crippen molar-refractivity contribution in [3.8, 4) is 5.75 Å². The van der Waals surface area contributed by atoms with Gasteiger partial charge in [-0.3, -0.25) is 9.59 Å². The molecular weight excluding hydrogens is 390 g/mol. The zero-order chi connectivity index (χ0) is 20.6. The summed E-state index contributed by atoms with van der Waals surface area (Å²) in [5.74, 6) is 0.649. The van der Waals surface area contributed by atoms with E-state index >= 15 is 0 Å². The molecule has 0 aliphatic carbocycles.